The van der Waals surface area contributed by atoms with Crippen LogP contribution in [0.1, 0.15) is 0 Å². The zero-order valence-electron chi connectivity index (χ0n) is 0.302. The topological polar surface area (TPSA) is 0 Å². The van der Waals surface area contributed by atoms with Gasteiger partial charge in [-0.25, -0.2) is 0 Å². The molecule has 4 heteroatoms. The van der Waals surface area contributed by atoms with Crippen LogP contribution in [-0.2, 0) is 22.4 Å². The van der Waals surface area contributed by atoms with E-state index in [0.717, 1.165) is 0 Å². The van der Waals surface area contributed by atoms with Crippen LogP contribution in [0.4, 0.5) is 0 Å². The van der Waals surface area contributed by atoms with Crippen molar-refractivity contribution in [3.05, 3.63) is 0 Å². The van der Waals surface area contributed by atoms with E-state index in [1.807, 2.05) is 0 Å². The number of rotatable bonds is 0. The summed E-state index contributed by atoms with van der Waals surface area (Å²) in [6, 6.07) is 0. The first-order chi connectivity index (χ1) is 0. The van der Waals surface area contributed by atoms with Gasteiger partial charge in [0.15, 0.2) is 0 Å². The van der Waals surface area contributed by atoms with Gasteiger partial charge in [0.1, 0.15) is 0 Å². The largest absolute Gasteiger partial charge is 3.00 e. The first-order valence-corrected chi connectivity index (χ1v) is 0. The summed E-state index contributed by atoms with van der Waals surface area (Å²) in [6.07, 6.45) is 0. The number of hydrogen-bond acceptors (Lipinski definition) is 0. The van der Waals surface area contributed by atoms with Crippen LogP contribution in [0.15, 0.2) is 0 Å². The van der Waals surface area contributed by atoms with E-state index in [0.29, 0.717) is 0 Å². The molecule has 0 atom stereocenters. The van der Waals surface area contributed by atoms with Crippen molar-refractivity contribution in [2.24, 2.45) is 0 Å². The van der Waals surface area contributed by atoms with Crippen molar-refractivity contribution >= 4 is 25.2 Å². The normalized spacial score (nSPS) is 0. The Kier molecular flexibility index (Phi) is 847. The van der Waals surface area contributed by atoms with E-state index >= 15 is 0 Å². The summed E-state index contributed by atoms with van der Waals surface area (Å²) in [4.78, 5) is 0. The van der Waals surface area contributed by atoms with Crippen LogP contribution in [0.5, 0.6) is 0 Å². The van der Waals surface area contributed by atoms with Crippen LogP contribution in [-0.4, -0.2) is 25.2 Å². The Morgan fingerprint density at radius 1 is 0.500 bits per heavy atom. The van der Waals surface area contributed by atoms with E-state index in [4.69, 9.17) is 0 Å². The van der Waals surface area contributed by atoms with E-state index in [2.05, 4.69) is 0 Å². The fourth-order valence-corrected chi connectivity index (χ4v) is 0. The van der Waals surface area contributed by atoms with Gasteiger partial charge in [-0.1, -0.05) is 25.2 Å². The van der Waals surface area contributed by atoms with Crippen LogP contribution in [0.25, 0.3) is 0 Å². The van der Waals surface area contributed by atoms with Gasteiger partial charge in [-0.05, 0) is 0 Å². The Morgan fingerprint density at radius 3 is 0.500 bits per heavy atom. The molecule has 0 unspecified atom stereocenters. The molecule has 0 aromatic rings. The summed E-state index contributed by atoms with van der Waals surface area (Å²) < 4.78 is 0. The van der Waals surface area contributed by atoms with Crippen molar-refractivity contribution in [3.8, 4) is 0 Å². The quantitative estimate of drug-likeness (QED) is 0.376. The Bertz CT molecular complexity index is 3.25. The van der Waals surface area contributed by atoms with Crippen molar-refractivity contribution < 1.29 is 22.4 Å². The molecular formula is H12AuB3. The maximum atomic E-state index is 0. The molecule has 0 nitrogen and oxygen atoms in total. The molecule has 0 fully saturated rings. The molecule has 0 aromatic carbocycles. The van der Waals surface area contributed by atoms with Crippen LogP contribution in [0.2, 0.25) is 0 Å². The van der Waals surface area contributed by atoms with E-state index in [1.165, 1.54) is 0 Å². The second-order valence-electron chi connectivity index (χ2n) is 0. The molecule has 0 aromatic heterocycles. The summed E-state index contributed by atoms with van der Waals surface area (Å²) in [5.41, 5.74) is 0. The number of hydrogen-bond donors (Lipinski definition) is 0. The van der Waals surface area contributed by atoms with E-state index in [-0.39, 0.29) is 47.6 Å². The molecule has 0 aliphatic rings. The van der Waals surface area contributed by atoms with Gasteiger partial charge >= 0.3 is 22.4 Å². The maximum Gasteiger partial charge on any atom is 3.00 e. The Balaban J connectivity index is 0. The SMILES string of the molecule is [Au+3].[BH4-].[BH4-].[BH4-]. The van der Waals surface area contributed by atoms with Crippen LogP contribution in [0.3, 0.4) is 0 Å². The smallest absolute Gasteiger partial charge is 0.0626 e. The molecule has 0 spiro atoms. The molecule has 0 saturated heterocycles. The second kappa shape index (κ2) is 38.8. The summed E-state index contributed by atoms with van der Waals surface area (Å²) in [5.74, 6) is 0. The minimum atomic E-state index is 0. The predicted molar refractivity (Wildman–Crippen MR) is 34.0 cm³/mol. The standard InChI is InChI=1S/Au.3BH4/h;3*1H4/q+3;3*-1. The molecular weight excluding hydrogens is 229 g/mol. The monoisotopic (exact) mass is 242 g/mol. The molecule has 0 aliphatic carbocycles. The molecule has 0 amide bonds. The minimum absolute atomic E-state index is 0. The summed E-state index contributed by atoms with van der Waals surface area (Å²) >= 11 is 0. The van der Waals surface area contributed by atoms with Crippen molar-refractivity contribution in [1.29, 1.82) is 0 Å². The Morgan fingerprint density at radius 2 is 0.500 bits per heavy atom. The molecule has 0 radical (unpaired) electrons. The molecule has 4 heavy (non-hydrogen) atoms. The van der Waals surface area contributed by atoms with Gasteiger partial charge in [0.05, 0.1) is 0 Å². The van der Waals surface area contributed by atoms with Crippen molar-refractivity contribution in [1.82, 2.24) is 0 Å². The summed E-state index contributed by atoms with van der Waals surface area (Å²) in [6.45, 7) is 0. The van der Waals surface area contributed by atoms with Crippen LogP contribution < -0.4 is 0 Å². The average molecular weight is 241 g/mol. The summed E-state index contributed by atoms with van der Waals surface area (Å²) in [7, 11) is 0. The third-order valence-corrected chi connectivity index (χ3v) is 0. The minimum Gasteiger partial charge on any atom is -0.0626 e. The zero-order chi connectivity index (χ0) is 0. The van der Waals surface area contributed by atoms with Gasteiger partial charge in [-0.2, -0.15) is 0 Å². The molecule has 32 valence electrons. The fourth-order valence-electron chi connectivity index (χ4n) is 0. The first kappa shape index (κ1) is 87.4. The second-order valence-corrected chi connectivity index (χ2v) is 0. The third-order valence-electron chi connectivity index (χ3n) is 0. The van der Waals surface area contributed by atoms with E-state index in [1.54, 1.807) is 0 Å². The van der Waals surface area contributed by atoms with Gasteiger partial charge in [0.2, 0.25) is 0 Å². The molecule has 0 heterocycles. The predicted octanol–water partition coefficient (Wildman–Crippen LogP) is -4.36. The van der Waals surface area contributed by atoms with E-state index < -0.39 is 0 Å². The van der Waals surface area contributed by atoms with Crippen LogP contribution in [0, 0.1) is 0 Å². The molecule has 0 saturated carbocycles. The van der Waals surface area contributed by atoms with Crippen LogP contribution >= 0.6 is 0 Å². The third kappa shape index (κ3) is 12.6. The molecule has 0 N–H and O–H groups in total. The van der Waals surface area contributed by atoms with Gasteiger partial charge in [0.25, 0.3) is 0 Å². The molecule has 0 bridgehead atoms. The first-order valence-electron chi connectivity index (χ1n) is 0. The van der Waals surface area contributed by atoms with Crippen molar-refractivity contribution in [2.45, 2.75) is 0 Å². The Hall–Kier alpha value is 0.935. The maximum absolute atomic E-state index is 0. The van der Waals surface area contributed by atoms with Gasteiger partial charge in [-0.15, -0.1) is 0 Å². The fraction of sp³-hybridized carbons (Fsp3) is 0. The average Bonchev–Trinajstić information content (AvgIpc) is 0. The zero-order valence-corrected chi connectivity index (χ0v) is 2.47. The Labute approximate surface area is 48.0 Å². The van der Waals surface area contributed by atoms with Gasteiger partial charge in [-0.3, -0.25) is 0 Å². The van der Waals surface area contributed by atoms with E-state index in [9.17, 15) is 0 Å². The van der Waals surface area contributed by atoms with Crippen molar-refractivity contribution in [3.63, 3.8) is 0 Å². The van der Waals surface area contributed by atoms with Gasteiger partial charge in [0, 0.05) is 0 Å². The van der Waals surface area contributed by atoms with Gasteiger partial charge < -0.3 is 0 Å². The molecule has 0 rings (SSSR count). The summed E-state index contributed by atoms with van der Waals surface area (Å²) in [5, 5.41) is 0. The molecule has 0 aliphatic heterocycles. The van der Waals surface area contributed by atoms with Crippen molar-refractivity contribution in [2.75, 3.05) is 0 Å².